The van der Waals surface area contributed by atoms with Crippen LogP contribution in [-0.4, -0.2) is 63.1 Å². The van der Waals surface area contributed by atoms with Gasteiger partial charge in [-0.3, -0.25) is 4.90 Å². The summed E-state index contributed by atoms with van der Waals surface area (Å²) in [7, 11) is 6.85. The van der Waals surface area contributed by atoms with Crippen molar-refractivity contribution in [1.29, 1.82) is 0 Å². The summed E-state index contributed by atoms with van der Waals surface area (Å²) in [5, 5.41) is 7.46. The van der Waals surface area contributed by atoms with E-state index in [-0.39, 0.29) is 6.04 Å². The minimum Gasteiger partial charge on any atom is -0.496 e. The van der Waals surface area contributed by atoms with Crippen molar-refractivity contribution in [3.63, 3.8) is 0 Å². The summed E-state index contributed by atoms with van der Waals surface area (Å²) in [6.07, 6.45) is 3.61. The van der Waals surface area contributed by atoms with E-state index in [0.717, 1.165) is 25.2 Å². The van der Waals surface area contributed by atoms with Crippen LogP contribution in [0.2, 0.25) is 0 Å². The fourth-order valence-corrected chi connectivity index (χ4v) is 2.89. The number of likely N-dealkylation sites (N-methyl/N-ethyl adjacent to an activating group) is 1. The van der Waals surface area contributed by atoms with Crippen LogP contribution in [0.15, 0.2) is 16.7 Å². The molecule has 2 heterocycles. The Balaban J connectivity index is 1.82. The molecule has 0 saturated carbocycles. The highest BCUT2D eigenvalue weighted by atomic mass is 16.5. The van der Waals surface area contributed by atoms with E-state index in [1.165, 1.54) is 0 Å². The molecule has 1 N–H and O–H groups in total. The molecule has 0 bridgehead atoms. The highest BCUT2D eigenvalue weighted by Crippen LogP contribution is 2.35. The molecule has 2 aromatic rings. The summed E-state index contributed by atoms with van der Waals surface area (Å²) in [4.78, 5) is 6.70. The predicted octanol–water partition coefficient (Wildman–Crippen LogP) is 1.84. The van der Waals surface area contributed by atoms with Crippen LogP contribution in [0.4, 0.5) is 0 Å². The van der Waals surface area contributed by atoms with Crippen LogP contribution in [0, 0.1) is 0 Å². The standard InChI is InChI=1S/C18H24N4O4/c1-22-8-7-19-11-13(22)18-20-17(26-21-18)6-5-12-9-15(24-3)16(25-4)10-14(12)23-2/h5-6,9-10,13,19H,7-8,11H2,1-4H3/b6-5+. The second-order valence-corrected chi connectivity index (χ2v) is 5.97. The summed E-state index contributed by atoms with van der Waals surface area (Å²) in [6, 6.07) is 3.73. The van der Waals surface area contributed by atoms with Gasteiger partial charge >= 0.3 is 0 Å². The molecule has 1 saturated heterocycles. The summed E-state index contributed by atoms with van der Waals surface area (Å²) in [6.45, 7) is 2.73. The molecule has 3 rings (SSSR count). The molecular formula is C18H24N4O4. The fourth-order valence-electron chi connectivity index (χ4n) is 2.89. The van der Waals surface area contributed by atoms with E-state index in [0.29, 0.717) is 29.0 Å². The molecule has 0 radical (unpaired) electrons. The molecule has 140 valence electrons. The molecule has 1 unspecified atom stereocenters. The number of hydrogen-bond donors (Lipinski definition) is 1. The third kappa shape index (κ3) is 3.81. The number of methoxy groups -OCH3 is 3. The zero-order valence-electron chi connectivity index (χ0n) is 15.5. The summed E-state index contributed by atoms with van der Waals surface area (Å²) in [5.41, 5.74) is 0.821. The van der Waals surface area contributed by atoms with Gasteiger partial charge in [0, 0.05) is 37.3 Å². The van der Waals surface area contributed by atoms with Crippen molar-refractivity contribution >= 4 is 12.2 Å². The Morgan fingerprint density at radius 1 is 1.12 bits per heavy atom. The quantitative estimate of drug-likeness (QED) is 0.836. The number of piperazine rings is 1. The number of ether oxygens (including phenoxy) is 3. The van der Waals surface area contributed by atoms with Gasteiger partial charge in [0.15, 0.2) is 17.3 Å². The molecule has 26 heavy (non-hydrogen) atoms. The molecule has 0 spiro atoms. The molecule has 0 aliphatic carbocycles. The zero-order valence-corrected chi connectivity index (χ0v) is 15.5. The molecule has 8 nitrogen and oxygen atoms in total. The van der Waals surface area contributed by atoms with Gasteiger partial charge in [0.1, 0.15) is 5.75 Å². The zero-order chi connectivity index (χ0) is 18.5. The van der Waals surface area contributed by atoms with Crippen molar-refractivity contribution < 1.29 is 18.7 Å². The lowest BCUT2D eigenvalue weighted by molar-refractivity contribution is 0.190. The van der Waals surface area contributed by atoms with Gasteiger partial charge in [0.25, 0.3) is 5.89 Å². The van der Waals surface area contributed by atoms with Gasteiger partial charge in [-0.05, 0) is 19.2 Å². The largest absolute Gasteiger partial charge is 0.496 e. The second kappa shape index (κ2) is 8.20. The highest BCUT2D eigenvalue weighted by Gasteiger charge is 2.24. The minimum absolute atomic E-state index is 0.116. The van der Waals surface area contributed by atoms with E-state index in [1.807, 2.05) is 12.1 Å². The minimum atomic E-state index is 0.116. The lowest BCUT2D eigenvalue weighted by atomic mass is 10.1. The van der Waals surface area contributed by atoms with Crippen LogP contribution in [0.25, 0.3) is 12.2 Å². The van der Waals surface area contributed by atoms with Crippen molar-refractivity contribution in [2.24, 2.45) is 0 Å². The van der Waals surface area contributed by atoms with Crippen LogP contribution in [0.5, 0.6) is 17.2 Å². The van der Waals surface area contributed by atoms with Crippen LogP contribution >= 0.6 is 0 Å². The molecule has 1 aromatic heterocycles. The van der Waals surface area contributed by atoms with E-state index in [2.05, 4.69) is 27.4 Å². The Kier molecular flexibility index (Phi) is 5.75. The van der Waals surface area contributed by atoms with Crippen molar-refractivity contribution in [3.05, 3.63) is 29.4 Å². The van der Waals surface area contributed by atoms with E-state index >= 15 is 0 Å². The third-order valence-electron chi connectivity index (χ3n) is 4.41. The third-order valence-corrected chi connectivity index (χ3v) is 4.41. The molecule has 1 aliphatic rings. The van der Waals surface area contributed by atoms with Crippen molar-refractivity contribution in [3.8, 4) is 17.2 Å². The summed E-state index contributed by atoms with van der Waals surface area (Å²) >= 11 is 0. The maximum absolute atomic E-state index is 5.42. The average molecular weight is 360 g/mol. The molecule has 8 heteroatoms. The normalized spacial score (nSPS) is 18.2. The lowest BCUT2D eigenvalue weighted by Gasteiger charge is -2.30. The van der Waals surface area contributed by atoms with Crippen LogP contribution in [-0.2, 0) is 0 Å². The molecule has 1 fully saturated rings. The van der Waals surface area contributed by atoms with Crippen LogP contribution in [0.1, 0.15) is 23.3 Å². The van der Waals surface area contributed by atoms with Gasteiger partial charge in [-0.15, -0.1) is 0 Å². The number of nitrogens with zero attached hydrogens (tertiary/aromatic N) is 3. The number of hydrogen-bond acceptors (Lipinski definition) is 8. The average Bonchev–Trinajstić information content (AvgIpc) is 3.14. The SMILES string of the molecule is COc1cc(OC)c(OC)cc1/C=C/c1nc(C2CNCCN2C)no1. The first-order valence-electron chi connectivity index (χ1n) is 8.39. The van der Waals surface area contributed by atoms with Gasteiger partial charge in [-0.1, -0.05) is 5.16 Å². The number of aromatic nitrogens is 2. The first kappa shape index (κ1) is 18.2. The predicted molar refractivity (Wildman–Crippen MR) is 97.6 cm³/mol. The van der Waals surface area contributed by atoms with E-state index in [4.69, 9.17) is 18.7 Å². The Labute approximate surface area is 152 Å². The van der Waals surface area contributed by atoms with Crippen molar-refractivity contribution in [2.45, 2.75) is 6.04 Å². The Hall–Kier alpha value is -2.58. The molecule has 1 atom stereocenters. The Morgan fingerprint density at radius 2 is 1.85 bits per heavy atom. The molecule has 0 amide bonds. The smallest absolute Gasteiger partial charge is 0.250 e. The molecule has 1 aromatic carbocycles. The van der Waals surface area contributed by atoms with Gasteiger partial charge < -0.3 is 24.1 Å². The van der Waals surface area contributed by atoms with E-state index in [1.54, 1.807) is 33.5 Å². The number of rotatable bonds is 6. The van der Waals surface area contributed by atoms with E-state index in [9.17, 15) is 0 Å². The maximum Gasteiger partial charge on any atom is 0.250 e. The second-order valence-electron chi connectivity index (χ2n) is 5.97. The van der Waals surface area contributed by atoms with Crippen molar-refractivity contribution in [1.82, 2.24) is 20.4 Å². The summed E-state index contributed by atoms with van der Waals surface area (Å²) < 4.78 is 21.4. The van der Waals surface area contributed by atoms with Gasteiger partial charge in [-0.25, -0.2) is 0 Å². The van der Waals surface area contributed by atoms with Crippen molar-refractivity contribution in [2.75, 3.05) is 48.0 Å². The topological polar surface area (TPSA) is 81.9 Å². The Morgan fingerprint density at radius 3 is 2.54 bits per heavy atom. The van der Waals surface area contributed by atoms with Gasteiger partial charge in [0.05, 0.1) is 27.4 Å². The van der Waals surface area contributed by atoms with Gasteiger partial charge in [0.2, 0.25) is 0 Å². The number of nitrogens with one attached hydrogen (secondary N) is 1. The maximum atomic E-state index is 5.42. The fraction of sp³-hybridized carbons (Fsp3) is 0.444. The monoisotopic (exact) mass is 360 g/mol. The lowest BCUT2D eigenvalue weighted by Crippen LogP contribution is -2.44. The van der Waals surface area contributed by atoms with Crippen LogP contribution in [0.3, 0.4) is 0 Å². The first-order chi connectivity index (χ1) is 12.7. The number of benzene rings is 1. The molecular weight excluding hydrogens is 336 g/mol. The van der Waals surface area contributed by atoms with Crippen LogP contribution < -0.4 is 19.5 Å². The van der Waals surface area contributed by atoms with E-state index < -0.39 is 0 Å². The van der Waals surface area contributed by atoms with Gasteiger partial charge in [-0.2, -0.15) is 4.98 Å². The first-order valence-corrected chi connectivity index (χ1v) is 8.39. The highest BCUT2D eigenvalue weighted by molar-refractivity contribution is 5.72. The summed E-state index contributed by atoms with van der Waals surface area (Å²) in [5.74, 6) is 3.01. The Bertz CT molecular complexity index is 775. The molecule has 1 aliphatic heterocycles.